The van der Waals surface area contributed by atoms with Crippen LogP contribution in [0.1, 0.15) is 21.5 Å². The van der Waals surface area contributed by atoms with Crippen LogP contribution in [0.5, 0.6) is 5.75 Å². The summed E-state index contributed by atoms with van der Waals surface area (Å²) in [5, 5.41) is 1.35. The molecule has 0 aliphatic carbocycles. The van der Waals surface area contributed by atoms with Crippen LogP contribution in [0.3, 0.4) is 0 Å². The Morgan fingerprint density at radius 2 is 1.93 bits per heavy atom. The standard InChI is InChI=1S/C22H17Cl2N3O2S/c1-13-5-6-18(29-2)19-20(13)30-22(26-19)27(12-14-4-3-7-25-11-14)21(28)15-8-16(23)10-17(24)9-15/h3-11H,12H2,1-2H3. The molecule has 4 rings (SSSR count). The van der Waals surface area contributed by atoms with E-state index >= 15 is 0 Å². The van der Waals surface area contributed by atoms with Gasteiger partial charge in [0.2, 0.25) is 0 Å². The van der Waals surface area contributed by atoms with Gasteiger partial charge in [-0.3, -0.25) is 14.7 Å². The number of rotatable bonds is 5. The first kappa shape index (κ1) is 20.6. The van der Waals surface area contributed by atoms with E-state index in [9.17, 15) is 4.79 Å². The number of anilines is 1. The number of amides is 1. The van der Waals surface area contributed by atoms with Crippen LogP contribution < -0.4 is 9.64 Å². The fraction of sp³-hybridized carbons (Fsp3) is 0.136. The van der Waals surface area contributed by atoms with Crippen LogP contribution in [-0.2, 0) is 6.54 Å². The minimum absolute atomic E-state index is 0.251. The lowest BCUT2D eigenvalue weighted by Crippen LogP contribution is -2.30. The van der Waals surface area contributed by atoms with Gasteiger partial charge in [-0.05, 0) is 48.4 Å². The van der Waals surface area contributed by atoms with Crippen molar-refractivity contribution in [3.8, 4) is 5.75 Å². The predicted octanol–water partition coefficient (Wildman–Crippen LogP) is 6.16. The molecule has 2 aromatic heterocycles. The minimum atomic E-state index is -0.251. The van der Waals surface area contributed by atoms with Gasteiger partial charge in [-0.1, -0.05) is 46.7 Å². The molecule has 0 N–H and O–H groups in total. The molecule has 0 atom stereocenters. The second-order valence-corrected chi connectivity index (χ2v) is 8.52. The molecule has 0 fully saturated rings. The van der Waals surface area contributed by atoms with E-state index in [0.29, 0.717) is 33.0 Å². The molecule has 2 aromatic carbocycles. The van der Waals surface area contributed by atoms with Crippen LogP contribution in [0.25, 0.3) is 10.2 Å². The van der Waals surface area contributed by atoms with Crippen LogP contribution in [0.4, 0.5) is 5.13 Å². The lowest BCUT2D eigenvalue weighted by Gasteiger charge is -2.20. The van der Waals surface area contributed by atoms with Gasteiger partial charge in [-0.25, -0.2) is 4.98 Å². The molecular formula is C22H17Cl2N3O2S. The third-order valence-electron chi connectivity index (χ3n) is 4.56. The average molecular weight is 458 g/mol. The number of aryl methyl sites for hydroxylation is 1. The third-order valence-corrected chi connectivity index (χ3v) is 6.21. The number of hydrogen-bond donors (Lipinski definition) is 0. The number of hydrogen-bond acceptors (Lipinski definition) is 5. The summed E-state index contributed by atoms with van der Waals surface area (Å²) in [5.41, 5.74) is 3.06. The molecule has 0 aliphatic heterocycles. The summed E-state index contributed by atoms with van der Waals surface area (Å²) in [7, 11) is 1.61. The first-order valence-electron chi connectivity index (χ1n) is 9.07. The van der Waals surface area contributed by atoms with Gasteiger partial charge in [-0.2, -0.15) is 0 Å². The Hall–Kier alpha value is -2.67. The summed E-state index contributed by atoms with van der Waals surface area (Å²) < 4.78 is 6.44. The number of nitrogens with zero attached hydrogens (tertiary/aromatic N) is 3. The van der Waals surface area contributed by atoms with Crippen LogP contribution in [0.15, 0.2) is 54.9 Å². The third kappa shape index (κ3) is 4.12. The first-order valence-corrected chi connectivity index (χ1v) is 10.6. The number of ether oxygens (including phenoxy) is 1. The lowest BCUT2D eigenvalue weighted by molar-refractivity contribution is 0.0985. The topological polar surface area (TPSA) is 55.3 Å². The SMILES string of the molecule is COc1ccc(C)c2sc(N(Cc3cccnc3)C(=O)c3cc(Cl)cc(Cl)c3)nc12. The van der Waals surface area contributed by atoms with Gasteiger partial charge in [-0.15, -0.1) is 0 Å². The van der Waals surface area contributed by atoms with Crippen LogP contribution in [-0.4, -0.2) is 23.0 Å². The van der Waals surface area contributed by atoms with Crippen molar-refractivity contribution in [2.24, 2.45) is 0 Å². The molecule has 0 radical (unpaired) electrons. The Morgan fingerprint density at radius 3 is 2.60 bits per heavy atom. The summed E-state index contributed by atoms with van der Waals surface area (Å²) in [6.07, 6.45) is 3.42. The number of methoxy groups -OCH3 is 1. The molecule has 0 saturated carbocycles. The minimum Gasteiger partial charge on any atom is -0.494 e. The van der Waals surface area contributed by atoms with E-state index in [1.54, 1.807) is 42.6 Å². The number of thiazole rings is 1. The van der Waals surface area contributed by atoms with Crippen molar-refractivity contribution in [1.29, 1.82) is 0 Å². The first-order chi connectivity index (χ1) is 14.5. The second kappa shape index (κ2) is 8.60. The predicted molar refractivity (Wildman–Crippen MR) is 122 cm³/mol. The molecule has 4 aromatic rings. The number of fused-ring (bicyclic) bond motifs is 1. The van der Waals surface area contributed by atoms with Crippen molar-refractivity contribution < 1.29 is 9.53 Å². The van der Waals surface area contributed by atoms with Crippen LogP contribution in [0, 0.1) is 6.92 Å². The molecule has 30 heavy (non-hydrogen) atoms. The maximum atomic E-state index is 13.5. The van der Waals surface area contributed by atoms with Crippen LogP contribution in [0.2, 0.25) is 10.0 Å². The molecule has 2 heterocycles. The molecule has 5 nitrogen and oxygen atoms in total. The number of carbonyl (C=O) groups excluding carboxylic acids is 1. The molecule has 0 saturated heterocycles. The Kier molecular flexibility index (Phi) is 5.90. The molecule has 0 aliphatic rings. The molecule has 1 amide bonds. The fourth-order valence-corrected chi connectivity index (χ4v) is 4.69. The van der Waals surface area contributed by atoms with Crippen molar-refractivity contribution in [2.75, 3.05) is 12.0 Å². The molecule has 152 valence electrons. The summed E-state index contributed by atoms with van der Waals surface area (Å²) >= 11 is 13.7. The van der Waals surface area contributed by atoms with Crippen molar-refractivity contribution in [3.05, 3.63) is 81.6 Å². The highest BCUT2D eigenvalue weighted by atomic mass is 35.5. The van der Waals surface area contributed by atoms with Crippen molar-refractivity contribution in [3.63, 3.8) is 0 Å². The van der Waals surface area contributed by atoms with Gasteiger partial charge in [0.05, 0.1) is 18.4 Å². The average Bonchev–Trinajstić information content (AvgIpc) is 3.18. The quantitative estimate of drug-likeness (QED) is 0.359. The molecule has 0 spiro atoms. The summed E-state index contributed by atoms with van der Waals surface area (Å²) in [6.45, 7) is 2.31. The zero-order valence-electron chi connectivity index (χ0n) is 16.2. The number of pyridine rings is 1. The molecule has 0 unspecified atom stereocenters. The molecule has 8 heteroatoms. The largest absolute Gasteiger partial charge is 0.494 e. The highest BCUT2D eigenvalue weighted by molar-refractivity contribution is 7.22. The number of carbonyl (C=O) groups is 1. The number of halogens is 2. The smallest absolute Gasteiger partial charge is 0.260 e. The molecule has 0 bridgehead atoms. The fourth-order valence-electron chi connectivity index (χ4n) is 3.11. The van der Waals surface area contributed by atoms with Crippen molar-refractivity contribution >= 4 is 55.8 Å². The zero-order chi connectivity index (χ0) is 21.3. The van der Waals surface area contributed by atoms with Crippen molar-refractivity contribution in [2.45, 2.75) is 13.5 Å². The summed E-state index contributed by atoms with van der Waals surface area (Å²) in [4.78, 5) is 24.0. The maximum absolute atomic E-state index is 13.5. The van der Waals surface area contributed by atoms with Gasteiger partial charge < -0.3 is 4.74 Å². The number of aromatic nitrogens is 2. The Morgan fingerprint density at radius 1 is 1.17 bits per heavy atom. The van der Waals surface area contributed by atoms with E-state index in [-0.39, 0.29) is 5.91 Å². The lowest BCUT2D eigenvalue weighted by atomic mass is 10.2. The van der Waals surface area contributed by atoms with E-state index in [0.717, 1.165) is 21.3 Å². The zero-order valence-corrected chi connectivity index (χ0v) is 18.6. The maximum Gasteiger partial charge on any atom is 0.260 e. The van der Waals surface area contributed by atoms with E-state index in [1.807, 2.05) is 31.2 Å². The summed E-state index contributed by atoms with van der Waals surface area (Å²) in [6, 6.07) is 12.4. The van der Waals surface area contributed by atoms with E-state index < -0.39 is 0 Å². The van der Waals surface area contributed by atoms with Gasteiger partial charge in [0.1, 0.15) is 11.3 Å². The van der Waals surface area contributed by atoms with E-state index in [4.69, 9.17) is 32.9 Å². The van der Waals surface area contributed by atoms with Gasteiger partial charge in [0, 0.05) is 28.0 Å². The normalized spacial score (nSPS) is 10.9. The Balaban J connectivity index is 1.84. The molecular weight excluding hydrogens is 441 g/mol. The number of benzene rings is 2. The Labute approximate surface area is 187 Å². The van der Waals surface area contributed by atoms with Gasteiger partial charge in [0.25, 0.3) is 5.91 Å². The second-order valence-electron chi connectivity index (χ2n) is 6.67. The highest BCUT2D eigenvalue weighted by Gasteiger charge is 2.24. The summed E-state index contributed by atoms with van der Waals surface area (Å²) in [5.74, 6) is 0.414. The van der Waals surface area contributed by atoms with E-state index in [2.05, 4.69) is 4.98 Å². The Bertz CT molecular complexity index is 1210. The van der Waals surface area contributed by atoms with Gasteiger partial charge in [0.15, 0.2) is 5.13 Å². The van der Waals surface area contributed by atoms with Crippen LogP contribution >= 0.6 is 34.5 Å². The van der Waals surface area contributed by atoms with Crippen molar-refractivity contribution in [1.82, 2.24) is 9.97 Å². The van der Waals surface area contributed by atoms with E-state index in [1.165, 1.54) is 11.3 Å². The van der Waals surface area contributed by atoms with Gasteiger partial charge >= 0.3 is 0 Å². The highest BCUT2D eigenvalue weighted by Crippen LogP contribution is 2.37. The monoisotopic (exact) mass is 457 g/mol.